The van der Waals surface area contributed by atoms with Crippen LogP contribution in [0.2, 0.25) is 0 Å². The van der Waals surface area contributed by atoms with Crippen molar-refractivity contribution in [3.63, 3.8) is 0 Å². The zero-order valence-corrected chi connectivity index (χ0v) is 11.1. The first-order chi connectivity index (χ1) is 8.22. The molecule has 1 aromatic carbocycles. The van der Waals surface area contributed by atoms with Crippen molar-refractivity contribution in [1.29, 1.82) is 0 Å². The van der Waals surface area contributed by atoms with Crippen LogP contribution in [0.15, 0.2) is 24.3 Å². The van der Waals surface area contributed by atoms with Gasteiger partial charge in [0.1, 0.15) is 0 Å². The topological polar surface area (TPSA) is 29.1 Å². The minimum atomic E-state index is -2.48. The fourth-order valence-electron chi connectivity index (χ4n) is 1.64. The van der Waals surface area contributed by atoms with Gasteiger partial charge in [0.2, 0.25) is 6.43 Å². The molecule has 1 aromatic rings. The smallest absolute Gasteiger partial charge is 0.251 e. The average molecular weight is 255 g/mol. The van der Waals surface area contributed by atoms with E-state index in [0.717, 1.165) is 0 Å². The van der Waals surface area contributed by atoms with Crippen LogP contribution in [0, 0.1) is 0 Å². The molecule has 1 rings (SSSR count). The molecule has 0 aliphatic rings. The first kappa shape index (κ1) is 14.6. The summed E-state index contributed by atoms with van der Waals surface area (Å²) in [5, 5.41) is 2.79. The van der Waals surface area contributed by atoms with Gasteiger partial charge in [0, 0.05) is 17.0 Å². The Kier molecular flexibility index (Phi) is 4.43. The SMILES string of the molecule is CC(c1ccccc1C(=O)NC(C)(C)C)C(F)F. The Morgan fingerprint density at radius 2 is 1.78 bits per heavy atom. The standard InChI is InChI=1S/C14H19F2NO/c1-9(12(15)16)10-7-5-6-8-11(10)13(18)17-14(2,3)4/h5-9,12H,1-4H3,(H,17,18). The molecule has 0 aliphatic heterocycles. The maximum absolute atomic E-state index is 12.8. The second-order valence-electron chi connectivity index (χ2n) is 5.41. The van der Waals surface area contributed by atoms with Crippen LogP contribution in [0.4, 0.5) is 8.78 Å². The van der Waals surface area contributed by atoms with Gasteiger partial charge in [0.25, 0.3) is 5.91 Å². The average Bonchev–Trinajstić information content (AvgIpc) is 2.25. The molecule has 100 valence electrons. The summed E-state index contributed by atoms with van der Waals surface area (Å²) in [5.74, 6) is -1.27. The maximum atomic E-state index is 12.8. The zero-order valence-electron chi connectivity index (χ0n) is 11.1. The predicted octanol–water partition coefficient (Wildman–Crippen LogP) is 3.58. The van der Waals surface area contributed by atoms with Crippen molar-refractivity contribution in [2.45, 2.75) is 45.6 Å². The van der Waals surface area contributed by atoms with Gasteiger partial charge < -0.3 is 5.32 Å². The molecule has 2 nitrogen and oxygen atoms in total. The number of benzene rings is 1. The van der Waals surface area contributed by atoms with Crippen LogP contribution in [-0.2, 0) is 0 Å². The number of carbonyl (C=O) groups is 1. The summed E-state index contributed by atoms with van der Waals surface area (Å²) < 4.78 is 25.5. The van der Waals surface area contributed by atoms with Gasteiger partial charge in [-0.1, -0.05) is 25.1 Å². The third-order valence-electron chi connectivity index (χ3n) is 2.56. The highest BCUT2D eigenvalue weighted by Crippen LogP contribution is 2.26. The number of carbonyl (C=O) groups excluding carboxylic acids is 1. The lowest BCUT2D eigenvalue weighted by atomic mass is 9.95. The Labute approximate surface area is 106 Å². The molecule has 0 spiro atoms. The van der Waals surface area contributed by atoms with E-state index in [1.165, 1.54) is 6.92 Å². The van der Waals surface area contributed by atoms with Crippen molar-refractivity contribution < 1.29 is 13.6 Å². The first-order valence-electron chi connectivity index (χ1n) is 5.92. The van der Waals surface area contributed by atoms with E-state index in [2.05, 4.69) is 5.32 Å². The molecule has 0 aromatic heterocycles. The lowest BCUT2D eigenvalue weighted by Gasteiger charge is -2.22. The number of hydrogen-bond donors (Lipinski definition) is 1. The number of amides is 1. The van der Waals surface area contributed by atoms with Crippen molar-refractivity contribution in [2.24, 2.45) is 0 Å². The van der Waals surface area contributed by atoms with E-state index in [1.807, 2.05) is 20.8 Å². The number of alkyl halides is 2. The van der Waals surface area contributed by atoms with E-state index in [9.17, 15) is 13.6 Å². The minimum absolute atomic E-state index is 0.314. The van der Waals surface area contributed by atoms with Crippen LogP contribution < -0.4 is 5.32 Å². The number of nitrogens with one attached hydrogen (secondary N) is 1. The molecule has 0 fully saturated rings. The molecule has 1 N–H and O–H groups in total. The third kappa shape index (κ3) is 3.79. The van der Waals surface area contributed by atoms with Gasteiger partial charge in [0.05, 0.1) is 0 Å². The number of rotatable bonds is 3. The molecule has 0 radical (unpaired) electrons. The highest BCUT2D eigenvalue weighted by Gasteiger charge is 2.24. The Balaban J connectivity index is 3.06. The van der Waals surface area contributed by atoms with Crippen molar-refractivity contribution in [1.82, 2.24) is 5.32 Å². The van der Waals surface area contributed by atoms with Gasteiger partial charge in [-0.15, -0.1) is 0 Å². The van der Waals surface area contributed by atoms with Gasteiger partial charge in [-0.25, -0.2) is 8.78 Å². The molecule has 18 heavy (non-hydrogen) atoms. The normalized spacial score (nSPS) is 13.5. The largest absolute Gasteiger partial charge is 0.347 e. The number of halogens is 2. The van der Waals surface area contributed by atoms with Crippen LogP contribution in [0.25, 0.3) is 0 Å². The Bertz CT molecular complexity index is 424. The first-order valence-corrected chi connectivity index (χ1v) is 5.92. The van der Waals surface area contributed by atoms with Crippen LogP contribution in [-0.4, -0.2) is 17.9 Å². The van der Waals surface area contributed by atoms with Crippen molar-refractivity contribution in [3.8, 4) is 0 Å². The van der Waals surface area contributed by atoms with Gasteiger partial charge in [-0.05, 0) is 32.4 Å². The fourth-order valence-corrected chi connectivity index (χ4v) is 1.64. The molecule has 1 unspecified atom stereocenters. The Morgan fingerprint density at radius 1 is 1.22 bits per heavy atom. The molecule has 0 aliphatic carbocycles. The summed E-state index contributed by atoms with van der Waals surface area (Å²) in [6.07, 6.45) is -2.48. The minimum Gasteiger partial charge on any atom is -0.347 e. The lowest BCUT2D eigenvalue weighted by Crippen LogP contribution is -2.41. The molecule has 0 saturated heterocycles. The molecule has 1 atom stereocenters. The Hall–Kier alpha value is -1.45. The monoisotopic (exact) mass is 255 g/mol. The highest BCUT2D eigenvalue weighted by molar-refractivity contribution is 5.96. The summed E-state index contributed by atoms with van der Waals surface area (Å²) in [7, 11) is 0. The van der Waals surface area contributed by atoms with Gasteiger partial charge in [0.15, 0.2) is 0 Å². The van der Waals surface area contributed by atoms with Crippen LogP contribution in [0.5, 0.6) is 0 Å². The van der Waals surface area contributed by atoms with E-state index in [4.69, 9.17) is 0 Å². The Morgan fingerprint density at radius 3 is 2.28 bits per heavy atom. The second-order valence-corrected chi connectivity index (χ2v) is 5.41. The van der Waals surface area contributed by atoms with Crippen LogP contribution in [0.1, 0.15) is 49.5 Å². The van der Waals surface area contributed by atoms with Gasteiger partial charge in [-0.3, -0.25) is 4.79 Å². The molecule has 0 heterocycles. The number of hydrogen-bond acceptors (Lipinski definition) is 1. The summed E-state index contributed by atoms with van der Waals surface area (Å²) in [6, 6.07) is 6.50. The second kappa shape index (κ2) is 5.46. The van der Waals surface area contributed by atoms with E-state index in [-0.39, 0.29) is 5.91 Å². The lowest BCUT2D eigenvalue weighted by molar-refractivity contribution is 0.0913. The zero-order chi connectivity index (χ0) is 13.9. The fraction of sp³-hybridized carbons (Fsp3) is 0.500. The summed E-state index contributed by atoms with van der Waals surface area (Å²) in [4.78, 5) is 12.1. The molecule has 4 heteroatoms. The highest BCUT2D eigenvalue weighted by atomic mass is 19.3. The van der Waals surface area contributed by atoms with Crippen LogP contribution >= 0.6 is 0 Å². The quantitative estimate of drug-likeness (QED) is 0.878. The molecular formula is C14H19F2NO. The van der Waals surface area contributed by atoms with Crippen molar-refractivity contribution >= 4 is 5.91 Å². The molecular weight excluding hydrogens is 236 g/mol. The van der Waals surface area contributed by atoms with Crippen molar-refractivity contribution in [3.05, 3.63) is 35.4 Å². The van der Waals surface area contributed by atoms with E-state index < -0.39 is 17.9 Å². The summed E-state index contributed by atoms with van der Waals surface area (Å²) in [5.41, 5.74) is 0.313. The van der Waals surface area contributed by atoms with E-state index >= 15 is 0 Å². The van der Waals surface area contributed by atoms with Crippen molar-refractivity contribution in [2.75, 3.05) is 0 Å². The third-order valence-corrected chi connectivity index (χ3v) is 2.56. The molecule has 0 bridgehead atoms. The van der Waals surface area contributed by atoms with E-state index in [1.54, 1.807) is 24.3 Å². The molecule has 1 amide bonds. The maximum Gasteiger partial charge on any atom is 0.251 e. The van der Waals surface area contributed by atoms with Gasteiger partial charge >= 0.3 is 0 Å². The molecule has 0 saturated carbocycles. The summed E-state index contributed by atoms with van der Waals surface area (Å²) >= 11 is 0. The summed E-state index contributed by atoms with van der Waals surface area (Å²) in [6.45, 7) is 6.98. The van der Waals surface area contributed by atoms with Crippen LogP contribution in [0.3, 0.4) is 0 Å². The van der Waals surface area contributed by atoms with Gasteiger partial charge in [-0.2, -0.15) is 0 Å². The van der Waals surface area contributed by atoms with E-state index in [0.29, 0.717) is 11.1 Å². The predicted molar refractivity (Wildman–Crippen MR) is 68.1 cm³/mol.